The normalized spacial score (nSPS) is 9.72. The third-order valence-corrected chi connectivity index (χ3v) is 3.17. The van der Waals surface area contributed by atoms with Gasteiger partial charge in [-0.15, -0.1) is 11.3 Å². The molecule has 0 aliphatic heterocycles. The van der Waals surface area contributed by atoms with Crippen molar-refractivity contribution in [3.8, 4) is 11.8 Å². The average molecular weight is 267 g/mol. The summed E-state index contributed by atoms with van der Waals surface area (Å²) in [5.41, 5.74) is 0.641. The van der Waals surface area contributed by atoms with Gasteiger partial charge >= 0.3 is 0 Å². The van der Waals surface area contributed by atoms with Crippen molar-refractivity contribution in [3.05, 3.63) is 21.9 Å². The van der Waals surface area contributed by atoms with Gasteiger partial charge in [0.1, 0.15) is 6.61 Å². The largest absolute Gasteiger partial charge is 0.385 e. The number of thiophene rings is 1. The lowest BCUT2D eigenvalue weighted by Crippen LogP contribution is -2.27. The molecule has 18 heavy (non-hydrogen) atoms. The fourth-order valence-corrected chi connectivity index (χ4v) is 2.16. The van der Waals surface area contributed by atoms with Crippen LogP contribution in [0.2, 0.25) is 0 Å². The number of ether oxygens (including phenoxy) is 1. The highest BCUT2D eigenvalue weighted by Gasteiger charge is 2.12. The van der Waals surface area contributed by atoms with Crippen molar-refractivity contribution in [2.24, 2.45) is 0 Å². The molecule has 1 rings (SSSR count). The second kappa shape index (κ2) is 7.88. The number of amides is 1. The molecule has 0 aliphatic rings. The van der Waals surface area contributed by atoms with E-state index in [1.165, 1.54) is 11.3 Å². The number of aliphatic hydroxyl groups is 1. The number of hydrogen-bond acceptors (Lipinski definition) is 4. The Morgan fingerprint density at radius 1 is 1.61 bits per heavy atom. The van der Waals surface area contributed by atoms with Gasteiger partial charge < -0.3 is 14.7 Å². The molecule has 0 radical (unpaired) electrons. The molecule has 0 bridgehead atoms. The Balaban J connectivity index is 2.57. The molecule has 0 unspecified atom stereocenters. The highest BCUT2D eigenvalue weighted by molar-refractivity contribution is 7.10. The molecule has 0 atom stereocenters. The first-order valence-electron chi connectivity index (χ1n) is 5.61. The third kappa shape index (κ3) is 4.49. The van der Waals surface area contributed by atoms with Crippen molar-refractivity contribution in [1.29, 1.82) is 0 Å². The predicted molar refractivity (Wildman–Crippen MR) is 71.7 cm³/mol. The van der Waals surface area contributed by atoms with E-state index >= 15 is 0 Å². The summed E-state index contributed by atoms with van der Waals surface area (Å²) >= 11 is 1.41. The van der Waals surface area contributed by atoms with Crippen LogP contribution in [0.1, 0.15) is 21.7 Å². The van der Waals surface area contributed by atoms with E-state index in [9.17, 15) is 4.79 Å². The summed E-state index contributed by atoms with van der Waals surface area (Å²) < 4.78 is 4.95. The predicted octanol–water partition coefficient (Wildman–Crippen LogP) is 1.20. The molecule has 1 aromatic rings. The molecule has 0 fully saturated rings. The fraction of sp³-hybridized carbons (Fsp3) is 0.462. The van der Waals surface area contributed by atoms with Crippen molar-refractivity contribution in [3.63, 3.8) is 0 Å². The van der Waals surface area contributed by atoms with Crippen LogP contribution in [0.25, 0.3) is 0 Å². The Morgan fingerprint density at radius 2 is 2.39 bits per heavy atom. The Morgan fingerprint density at radius 3 is 3.06 bits per heavy atom. The van der Waals surface area contributed by atoms with Gasteiger partial charge in [-0.1, -0.05) is 11.8 Å². The smallest absolute Gasteiger partial charge is 0.254 e. The van der Waals surface area contributed by atoms with Crippen LogP contribution >= 0.6 is 11.3 Å². The van der Waals surface area contributed by atoms with Crippen LogP contribution in [-0.4, -0.2) is 49.8 Å². The molecular weight excluding hydrogens is 250 g/mol. The molecule has 1 heterocycles. The van der Waals surface area contributed by atoms with Gasteiger partial charge in [-0.25, -0.2) is 0 Å². The summed E-state index contributed by atoms with van der Waals surface area (Å²) in [7, 11) is 3.42. The summed E-state index contributed by atoms with van der Waals surface area (Å²) in [4.78, 5) is 14.5. The maximum atomic E-state index is 12.0. The van der Waals surface area contributed by atoms with Crippen molar-refractivity contribution in [1.82, 2.24) is 4.90 Å². The van der Waals surface area contributed by atoms with Gasteiger partial charge in [0.05, 0.1) is 10.4 Å². The van der Waals surface area contributed by atoms with E-state index in [-0.39, 0.29) is 12.5 Å². The zero-order valence-corrected chi connectivity index (χ0v) is 11.4. The van der Waals surface area contributed by atoms with Crippen molar-refractivity contribution in [2.45, 2.75) is 6.42 Å². The first kappa shape index (κ1) is 14.7. The molecule has 0 spiro atoms. The Hall–Kier alpha value is -1.35. The molecule has 4 nitrogen and oxygen atoms in total. The molecule has 0 aliphatic carbocycles. The monoisotopic (exact) mass is 267 g/mol. The second-order valence-corrected chi connectivity index (χ2v) is 4.64. The number of carbonyl (C=O) groups is 1. The molecule has 5 heteroatoms. The molecule has 0 aromatic carbocycles. The van der Waals surface area contributed by atoms with Gasteiger partial charge in [0.15, 0.2) is 0 Å². The standard InChI is InChI=1S/C13H17NO3S/c1-14(6-4-8-17-2)13(16)11-9-12(18-10-11)5-3-7-15/h9-10,15H,4,6-8H2,1-2H3. The van der Waals surface area contributed by atoms with Gasteiger partial charge in [0.2, 0.25) is 0 Å². The van der Waals surface area contributed by atoms with E-state index in [0.717, 1.165) is 11.3 Å². The van der Waals surface area contributed by atoms with Gasteiger partial charge in [-0.3, -0.25) is 4.79 Å². The summed E-state index contributed by atoms with van der Waals surface area (Å²) in [6.45, 7) is 1.15. The molecular formula is C13H17NO3S. The van der Waals surface area contributed by atoms with Crippen LogP contribution in [0, 0.1) is 11.8 Å². The van der Waals surface area contributed by atoms with E-state index in [2.05, 4.69) is 11.8 Å². The summed E-state index contributed by atoms with van der Waals surface area (Å²) in [6.07, 6.45) is 0.819. The van der Waals surface area contributed by atoms with Gasteiger partial charge in [0, 0.05) is 32.7 Å². The van der Waals surface area contributed by atoms with Crippen LogP contribution in [0.3, 0.4) is 0 Å². The van der Waals surface area contributed by atoms with Crippen LogP contribution in [-0.2, 0) is 4.74 Å². The number of rotatable bonds is 5. The van der Waals surface area contributed by atoms with Crippen molar-refractivity contribution >= 4 is 17.2 Å². The third-order valence-electron chi connectivity index (χ3n) is 2.33. The van der Waals surface area contributed by atoms with E-state index < -0.39 is 0 Å². The Kier molecular flexibility index (Phi) is 6.44. The Bertz CT molecular complexity index is 445. The molecule has 1 aromatic heterocycles. The van der Waals surface area contributed by atoms with Crippen molar-refractivity contribution < 1.29 is 14.6 Å². The number of aliphatic hydroxyl groups excluding tert-OH is 1. The quantitative estimate of drug-likeness (QED) is 0.644. The topological polar surface area (TPSA) is 49.8 Å². The second-order valence-electron chi connectivity index (χ2n) is 3.73. The van der Waals surface area contributed by atoms with E-state index in [1.54, 1.807) is 30.5 Å². The van der Waals surface area contributed by atoms with E-state index in [4.69, 9.17) is 9.84 Å². The molecule has 1 N–H and O–H groups in total. The summed E-state index contributed by atoms with van der Waals surface area (Å²) in [5, 5.41) is 10.4. The first-order chi connectivity index (χ1) is 8.69. The maximum absolute atomic E-state index is 12.0. The van der Waals surface area contributed by atoms with E-state index in [0.29, 0.717) is 18.7 Å². The van der Waals surface area contributed by atoms with Crippen LogP contribution in [0.5, 0.6) is 0 Å². The van der Waals surface area contributed by atoms with Gasteiger partial charge in [-0.2, -0.15) is 0 Å². The lowest BCUT2D eigenvalue weighted by molar-refractivity contribution is 0.0780. The molecule has 0 saturated heterocycles. The minimum absolute atomic E-state index is 0.0144. The van der Waals surface area contributed by atoms with Gasteiger partial charge in [-0.05, 0) is 12.5 Å². The zero-order chi connectivity index (χ0) is 13.4. The number of carbonyl (C=O) groups excluding carboxylic acids is 1. The highest BCUT2D eigenvalue weighted by Crippen LogP contribution is 2.15. The number of methoxy groups -OCH3 is 1. The molecule has 98 valence electrons. The zero-order valence-electron chi connectivity index (χ0n) is 10.6. The summed E-state index contributed by atoms with van der Waals surface area (Å²) in [5.74, 6) is 5.34. The lowest BCUT2D eigenvalue weighted by atomic mass is 10.2. The number of nitrogens with zero attached hydrogens (tertiary/aromatic N) is 1. The average Bonchev–Trinajstić information content (AvgIpc) is 2.84. The summed E-state index contributed by atoms with van der Waals surface area (Å²) in [6, 6.07) is 1.75. The molecule has 1 amide bonds. The van der Waals surface area contributed by atoms with Crippen LogP contribution in [0.4, 0.5) is 0 Å². The maximum Gasteiger partial charge on any atom is 0.254 e. The SMILES string of the molecule is COCCCN(C)C(=O)c1csc(C#CCO)c1. The first-order valence-corrected chi connectivity index (χ1v) is 6.49. The number of hydrogen-bond donors (Lipinski definition) is 1. The van der Waals surface area contributed by atoms with Crippen molar-refractivity contribution in [2.75, 3.05) is 33.9 Å². The minimum Gasteiger partial charge on any atom is -0.385 e. The van der Waals surface area contributed by atoms with Gasteiger partial charge in [0.25, 0.3) is 5.91 Å². The Labute approximate surface area is 111 Å². The van der Waals surface area contributed by atoms with Crippen LogP contribution in [0.15, 0.2) is 11.4 Å². The van der Waals surface area contributed by atoms with Crippen LogP contribution < -0.4 is 0 Å². The lowest BCUT2D eigenvalue weighted by Gasteiger charge is -2.15. The minimum atomic E-state index is -0.169. The van der Waals surface area contributed by atoms with E-state index in [1.807, 2.05) is 0 Å². The highest BCUT2D eigenvalue weighted by atomic mass is 32.1. The molecule has 0 saturated carbocycles. The fourth-order valence-electron chi connectivity index (χ4n) is 1.41.